The van der Waals surface area contributed by atoms with E-state index in [9.17, 15) is 4.79 Å². The molecular weight excluding hydrogens is 334 g/mol. The van der Waals surface area contributed by atoms with E-state index in [1.54, 1.807) is 4.52 Å². The third-order valence-electron chi connectivity index (χ3n) is 5.27. The number of hydrogen-bond donors (Lipinski definition) is 0. The SMILES string of the molecule is Cc1cc(C)n2nc(C(=O)N3CCC(N4CCSCC4)CC3)cc2n1. The van der Waals surface area contributed by atoms with Crippen LogP contribution in [-0.2, 0) is 0 Å². The minimum atomic E-state index is 0.0372. The molecule has 4 heterocycles. The zero-order valence-electron chi connectivity index (χ0n) is 14.9. The van der Waals surface area contributed by atoms with Crippen molar-refractivity contribution in [2.75, 3.05) is 37.7 Å². The van der Waals surface area contributed by atoms with E-state index in [1.165, 1.54) is 24.6 Å². The number of nitrogens with zero attached hydrogens (tertiary/aromatic N) is 5. The quantitative estimate of drug-likeness (QED) is 0.821. The van der Waals surface area contributed by atoms with Gasteiger partial charge in [0.05, 0.1) is 0 Å². The van der Waals surface area contributed by atoms with E-state index in [1.807, 2.05) is 42.6 Å². The van der Waals surface area contributed by atoms with Gasteiger partial charge in [-0.15, -0.1) is 0 Å². The van der Waals surface area contributed by atoms with Crippen molar-refractivity contribution < 1.29 is 4.79 Å². The van der Waals surface area contributed by atoms with Crippen molar-refractivity contribution in [3.8, 4) is 0 Å². The highest BCUT2D eigenvalue weighted by Gasteiger charge is 2.29. The summed E-state index contributed by atoms with van der Waals surface area (Å²) in [5.74, 6) is 2.52. The largest absolute Gasteiger partial charge is 0.337 e. The van der Waals surface area contributed by atoms with E-state index >= 15 is 0 Å². The fraction of sp³-hybridized carbons (Fsp3) is 0.611. The van der Waals surface area contributed by atoms with Crippen LogP contribution in [0, 0.1) is 13.8 Å². The third kappa shape index (κ3) is 3.40. The molecule has 0 aromatic carbocycles. The van der Waals surface area contributed by atoms with E-state index in [-0.39, 0.29) is 5.91 Å². The van der Waals surface area contributed by atoms with Gasteiger partial charge in [0.1, 0.15) is 0 Å². The van der Waals surface area contributed by atoms with Crippen LogP contribution in [0.1, 0.15) is 34.7 Å². The Balaban J connectivity index is 1.44. The maximum atomic E-state index is 12.9. The van der Waals surface area contributed by atoms with Crippen molar-refractivity contribution in [2.24, 2.45) is 0 Å². The Kier molecular flexibility index (Phi) is 4.69. The first-order valence-corrected chi connectivity index (χ1v) is 10.2. The summed E-state index contributed by atoms with van der Waals surface area (Å²) < 4.78 is 1.76. The third-order valence-corrected chi connectivity index (χ3v) is 6.21. The lowest BCUT2D eigenvalue weighted by molar-refractivity contribution is 0.0625. The van der Waals surface area contributed by atoms with Crippen LogP contribution in [0.3, 0.4) is 0 Å². The van der Waals surface area contributed by atoms with Crippen molar-refractivity contribution in [3.05, 3.63) is 29.2 Å². The fourth-order valence-electron chi connectivity index (χ4n) is 3.93. The standard InChI is InChI=1S/C18H25N5OS/c1-13-11-14(2)23-17(19-13)12-16(20-23)18(24)22-5-3-15(4-6-22)21-7-9-25-10-8-21/h11-12,15H,3-10H2,1-2H3. The van der Waals surface area contributed by atoms with Gasteiger partial charge in [-0.1, -0.05) is 0 Å². The number of thioether (sulfide) groups is 1. The number of hydrogen-bond acceptors (Lipinski definition) is 5. The second kappa shape index (κ2) is 6.96. The van der Waals surface area contributed by atoms with Crippen molar-refractivity contribution in [2.45, 2.75) is 32.7 Å². The summed E-state index contributed by atoms with van der Waals surface area (Å²) in [6, 6.07) is 4.44. The monoisotopic (exact) mass is 359 g/mol. The van der Waals surface area contributed by atoms with Crippen LogP contribution in [0.25, 0.3) is 5.65 Å². The van der Waals surface area contributed by atoms with Crippen LogP contribution in [0.5, 0.6) is 0 Å². The molecule has 0 aliphatic carbocycles. The average Bonchev–Trinajstić information content (AvgIpc) is 3.06. The Morgan fingerprint density at radius 3 is 2.56 bits per heavy atom. The van der Waals surface area contributed by atoms with Crippen LogP contribution in [0.4, 0.5) is 0 Å². The molecule has 1 amide bonds. The first-order chi connectivity index (χ1) is 12.1. The number of amides is 1. The van der Waals surface area contributed by atoms with E-state index in [2.05, 4.69) is 15.0 Å². The predicted octanol–water partition coefficient (Wildman–Crippen LogP) is 2.00. The Morgan fingerprint density at radius 2 is 1.84 bits per heavy atom. The molecule has 25 heavy (non-hydrogen) atoms. The Morgan fingerprint density at radius 1 is 1.12 bits per heavy atom. The zero-order chi connectivity index (χ0) is 17.4. The van der Waals surface area contributed by atoms with Gasteiger partial charge in [0, 0.05) is 61.2 Å². The van der Waals surface area contributed by atoms with Crippen molar-refractivity contribution in [1.82, 2.24) is 24.4 Å². The molecule has 2 aliphatic rings. The molecule has 0 radical (unpaired) electrons. The average molecular weight is 359 g/mol. The van der Waals surface area contributed by atoms with E-state index in [0.717, 1.165) is 43.0 Å². The molecule has 2 saturated heterocycles. The predicted molar refractivity (Wildman–Crippen MR) is 100 cm³/mol. The molecule has 0 unspecified atom stereocenters. The number of likely N-dealkylation sites (tertiary alicyclic amines) is 1. The maximum absolute atomic E-state index is 12.9. The first kappa shape index (κ1) is 16.8. The number of aromatic nitrogens is 3. The fourth-order valence-corrected chi connectivity index (χ4v) is 4.86. The van der Waals surface area contributed by atoms with E-state index in [4.69, 9.17) is 0 Å². The molecule has 2 fully saturated rings. The first-order valence-electron chi connectivity index (χ1n) is 9.07. The Bertz CT molecular complexity index is 775. The number of aryl methyl sites for hydroxylation is 2. The molecule has 2 aromatic rings. The maximum Gasteiger partial charge on any atom is 0.274 e. The topological polar surface area (TPSA) is 53.7 Å². The molecule has 0 spiro atoms. The molecule has 7 heteroatoms. The van der Waals surface area contributed by atoms with Crippen LogP contribution in [-0.4, -0.2) is 74.0 Å². The Hall–Kier alpha value is -1.60. The van der Waals surface area contributed by atoms with Gasteiger partial charge in [-0.25, -0.2) is 9.50 Å². The highest BCUT2D eigenvalue weighted by atomic mass is 32.2. The van der Waals surface area contributed by atoms with Crippen molar-refractivity contribution >= 4 is 23.3 Å². The lowest BCUT2D eigenvalue weighted by Gasteiger charge is -2.39. The number of fused-ring (bicyclic) bond motifs is 1. The summed E-state index contributed by atoms with van der Waals surface area (Å²) in [6.45, 7) is 8.00. The lowest BCUT2D eigenvalue weighted by atomic mass is 10.0. The molecule has 6 nitrogen and oxygen atoms in total. The molecule has 0 atom stereocenters. The number of piperidine rings is 1. The smallest absolute Gasteiger partial charge is 0.274 e. The van der Waals surface area contributed by atoms with Gasteiger partial charge < -0.3 is 4.90 Å². The molecule has 0 bridgehead atoms. The van der Waals surface area contributed by atoms with Gasteiger partial charge in [0.2, 0.25) is 0 Å². The summed E-state index contributed by atoms with van der Waals surface area (Å²) in [5, 5.41) is 4.49. The van der Waals surface area contributed by atoms with Crippen LogP contribution in [0.2, 0.25) is 0 Å². The normalized spacial score (nSPS) is 20.3. The summed E-state index contributed by atoms with van der Waals surface area (Å²) in [5.41, 5.74) is 3.21. The second-order valence-electron chi connectivity index (χ2n) is 7.01. The molecule has 2 aromatic heterocycles. The van der Waals surface area contributed by atoms with E-state index < -0.39 is 0 Å². The van der Waals surface area contributed by atoms with Gasteiger partial charge in [-0.3, -0.25) is 9.69 Å². The lowest BCUT2D eigenvalue weighted by Crippen LogP contribution is -2.49. The molecule has 4 rings (SSSR count). The van der Waals surface area contributed by atoms with Crippen LogP contribution in [0.15, 0.2) is 12.1 Å². The summed E-state index contributed by atoms with van der Waals surface area (Å²) >= 11 is 2.05. The summed E-state index contributed by atoms with van der Waals surface area (Å²) in [6.07, 6.45) is 2.14. The zero-order valence-corrected chi connectivity index (χ0v) is 15.8. The van der Waals surface area contributed by atoms with Gasteiger partial charge in [-0.2, -0.15) is 16.9 Å². The minimum Gasteiger partial charge on any atom is -0.337 e. The number of rotatable bonds is 2. The molecule has 134 valence electrons. The molecule has 0 saturated carbocycles. The van der Waals surface area contributed by atoms with Gasteiger partial charge in [0.15, 0.2) is 11.3 Å². The van der Waals surface area contributed by atoms with Gasteiger partial charge >= 0.3 is 0 Å². The second-order valence-corrected chi connectivity index (χ2v) is 8.23. The summed E-state index contributed by atoms with van der Waals surface area (Å²) in [4.78, 5) is 21.9. The highest BCUT2D eigenvalue weighted by molar-refractivity contribution is 7.99. The molecular formula is C18H25N5OS. The van der Waals surface area contributed by atoms with Gasteiger partial charge in [0.25, 0.3) is 5.91 Å². The number of carbonyl (C=O) groups is 1. The highest BCUT2D eigenvalue weighted by Crippen LogP contribution is 2.22. The van der Waals surface area contributed by atoms with Crippen LogP contribution >= 0.6 is 11.8 Å². The Labute approximate surface area is 152 Å². The van der Waals surface area contributed by atoms with E-state index in [0.29, 0.717) is 11.7 Å². The molecule has 2 aliphatic heterocycles. The summed E-state index contributed by atoms with van der Waals surface area (Å²) in [7, 11) is 0. The van der Waals surface area contributed by atoms with Crippen molar-refractivity contribution in [3.63, 3.8) is 0 Å². The molecule has 0 N–H and O–H groups in total. The van der Waals surface area contributed by atoms with Crippen LogP contribution < -0.4 is 0 Å². The minimum absolute atomic E-state index is 0.0372. The van der Waals surface area contributed by atoms with Crippen molar-refractivity contribution in [1.29, 1.82) is 0 Å². The van der Waals surface area contributed by atoms with Gasteiger partial charge in [-0.05, 0) is 32.8 Å². The number of carbonyl (C=O) groups excluding carboxylic acids is 1.